The summed E-state index contributed by atoms with van der Waals surface area (Å²) in [5, 5.41) is 5.52. The molecule has 1 fully saturated rings. The molecule has 1 unspecified atom stereocenters. The summed E-state index contributed by atoms with van der Waals surface area (Å²) >= 11 is 0. The van der Waals surface area contributed by atoms with Gasteiger partial charge in [-0.15, -0.1) is 0 Å². The Morgan fingerprint density at radius 3 is 2.93 bits per heavy atom. The summed E-state index contributed by atoms with van der Waals surface area (Å²) in [7, 11) is 0. The second-order valence-electron chi connectivity index (χ2n) is 4.49. The highest BCUT2D eigenvalue weighted by atomic mass is 16.2. The quantitative estimate of drug-likeness (QED) is 0.724. The molecule has 1 heterocycles. The van der Waals surface area contributed by atoms with Gasteiger partial charge in [0.15, 0.2) is 0 Å². The lowest BCUT2D eigenvalue weighted by molar-refractivity contribution is -0.130. The van der Waals surface area contributed by atoms with Crippen LogP contribution in [-0.2, 0) is 9.59 Å². The Bertz CT molecular complexity index is 239. The second-order valence-corrected chi connectivity index (χ2v) is 4.49. The van der Waals surface area contributed by atoms with E-state index in [1.807, 2.05) is 0 Å². The first-order valence-corrected chi connectivity index (χ1v) is 5.66. The minimum absolute atomic E-state index is 0.00856. The van der Waals surface area contributed by atoms with E-state index in [-0.39, 0.29) is 17.9 Å². The smallest absolute Gasteiger partial charge is 0.242 e. The first kappa shape index (κ1) is 12.0. The molecule has 1 rings (SSSR count). The highest BCUT2D eigenvalue weighted by Gasteiger charge is 2.23. The highest BCUT2D eigenvalue weighted by Crippen LogP contribution is 2.06. The van der Waals surface area contributed by atoms with Crippen molar-refractivity contribution in [2.75, 3.05) is 6.54 Å². The van der Waals surface area contributed by atoms with Gasteiger partial charge in [-0.05, 0) is 25.2 Å². The van der Waals surface area contributed by atoms with Crippen molar-refractivity contribution in [3.05, 3.63) is 0 Å². The lowest BCUT2D eigenvalue weighted by Gasteiger charge is -2.22. The molecule has 1 aliphatic rings. The van der Waals surface area contributed by atoms with Crippen LogP contribution in [0.3, 0.4) is 0 Å². The van der Waals surface area contributed by atoms with Gasteiger partial charge in [0.05, 0.1) is 0 Å². The van der Waals surface area contributed by atoms with E-state index in [0.717, 1.165) is 25.8 Å². The maximum absolute atomic E-state index is 11.5. The number of carbonyl (C=O) groups is 2. The topological polar surface area (TPSA) is 58.2 Å². The number of amides is 2. The Labute approximate surface area is 90.8 Å². The third-order valence-corrected chi connectivity index (χ3v) is 2.57. The normalized spacial score (nSPS) is 21.3. The minimum Gasteiger partial charge on any atom is -0.354 e. The Morgan fingerprint density at radius 2 is 2.33 bits per heavy atom. The summed E-state index contributed by atoms with van der Waals surface area (Å²) in [4.78, 5) is 22.8. The fourth-order valence-electron chi connectivity index (χ4n) is 1.60. The largest absolute Gasteiger partial charge is 0.354 e. The first-order chi connectivity index (χ1) is 7.09. The Morgan fingerprint density at radius 1 is 1.60 bits per heavy atom. The Balaban J connectivity index is 2.27. The van der Waals surface area contributed by atoms with Gasteiger partial charge in [-0.1, -0.05) is 13.8 Å². The van der Waals surface area contributed by atoms with E-state index in [9.17, 15) is 9.59 Å². The number of hydrogen-bond acceptors (Lipinski definition) is 2. The van der Waals surface area contributed by atoms with Crippen LogP contribution in [0, 0.1) is 5.92 Å². The molecule has 0 aliphatic carbocycles. The number of carbonyl (C=O) groups excluding carboxylic acids is 2. The fourth-order valence-corrected chi connectivity index (χ4v) is 1.60. The summed E-state index contributed by atoms with van der Waals surface area (Å²) in [6, 6.07) is -0.307. The van der Waals surface area contributed by atoms with Crippen molar-refractivity contribution >= 4 is 11.8 Å². The molecule has 4 nitrogen and oxygen atoms in total. The average molecular weight is 212 g/mol. The summed E-state index contributed by atoms with van der Waals surface area (Å²) in [5.74, 6) is 0.473. The molecular formula is C11H20N2O2. The molecule has 2 amide bonds. The lowest BCUT2D eigenvalue weighted by Crippen LogP contribution is -2.50. The molecule has 0 bridgehead atoms. The van der Waals surface area contributed by atoms with Gasteiger partial charge in [0.1, 0.15) is 6.04 Å². The van der Waals surface area contributed by atoms with Crippen LogP contribution in [-0.4, -0.2) is 24.4 Å². The van der Waals surface area contributed by atoms with Crippen LogP contribution in [0.25, 0.3) is 0 Å². The molecule has 0 aromatic rings. The van der Waals surface area contributed by atoms with Gasteiger partial charge in [-0.2, -0.15) is 0 Å². The molecule has 0 aromatic carbocycles. The van der Waals surface area contributed by atoms with Crippen molar-refractivity contribution in [3.63, 3.8) is 0 Å². The van der Waals surface area contributed by atoms with Crippen molar-refractivity contribution < 1.29 is 9.59 Å². The van der Waals surface area contributed by atoms with Gasteiger partial charge < -0.3 is 10.6 Å². The van der Waals surface area contributed by atoms with Crippen molar-refractivity contribution in [3.8, 4) is 0 Å². The van der Waals surface area contributed by atoms with E-state index >= 15 is 0 Å². The average Bonchev–Trinajstić information content (AvgIpc) is 2.18. The first-order valence-electron chi connectivity index (χ1n) is 5.66. The SMILES string of the molecule is CC(C)CCC(=O)NC1CCCNC1=O. The Hall–Kier alpha value is -1.06. The zero-order chi connectivity index (χ0) is 11.3. The monoisotopic (exact) mass is 212 g/mol. The summed E-state index contributed by atoms with van der Waals surface area (Å²) in [6.45, 7) is 4.90. The lowest BCUT2D eigenvalue weighted by atomic mass is 10.1. The summed E-state index contributed by atoms with van der Waals surface area (Å²) in [5.41, 5.74) is 0. The van der Waals surface area contributed by atoms with E-state index in [1.54, 1.807) is 0 Å². The molecule has 86 valence electrons. The molecule has 0 spiro atoms. The molecule has 0 aromatic heterocycles. The van der Waals surface area contributed by atoms with Crippen LogP contribution in [0.1, 0.15) is 39.5 Å². The van der Waals surface area contributed by atoms with Crippen LogP contribution in [0.5, 0.6) is 0 Å². The molecule has 0 radical (unpaired) electrons. The van der Waals surface area contributed by atoms with Gasteiger partial charge in [0, 0.05) is 13.0 Å². The molecule has 2 N–H and O–H groups in total. The zero-order valence-electron chi connectivity index (χ0n) is 9.51. The third kappa shape index (κ3) is 4.32. The van der Waals surface area contributed by atoms with Crippen LogP contribution >= 0.6 is 0 Å². The molecule has 1 atom stereocenters. The van der Waals surface area contributed by atoms with Crippen LogP contribution < -0.4 is 10.6 Å². The highest BCUT2D eigenvalue weighted by molar-refractivity contribution is 5.87. The number of nitrogens with one attached hydrogen (secondary N) is 2. The maximum atomic E-state index is 11.5. The molecule has 4 heteroatoms. The van der Waals surface area contributed by atoms with Crippen molar-refractivity contribution in [1.29, 1.82) is 0 Å². The van der Waals surface area contributed by atoms with Gasteiger partial charge in [0.2, 0.25) is 11.8 Å². The summed E-state index contributed by atoms with van der Waals surface area (Å²) < 4.78 is 0. The Kier molecular flexibility index (Phi) is 4.59. The van der Waals surface area contributed by atoms with E-state index < -0.39 is 0 Å². The predicted octanol–water partition coefficient (Wildman–Crippen LogP) is 0.817. The van der Waals surface area contributed by atoms with Gasteiger partial charge in [-0.3, -0.25) is 9.59 Å². The molecule has 0 saturated carbocycles. The molecule has 1 aliphatic heterocycles. The maximum Gasteiger partial charge on any atom is 0.242 e. The van der Waals surface area contributed by atoms with Gasteiger partial charge in [0.25, 0.3) is 0 Å². The van der Waals surface area contributed by atoms with Crippen LogP contribution in [0.4, 0.5) is 0 Å². The number of hydrogen-bond donors (Lipinski definition) is 2. The molecular weight excluding hydrogens is 192 g/mol. The van der Waals surface area contributed by atoms with E-state index in [0.29, 0.717) is 12.3 Å². The fraction of sp³-hybridized carbons (Fsp3) is 0.818. The van der Waals surface area contributed by atoms with Crippen molar-refractivity contribution in [2.45, 2.75) is 45.6 Å². The second kappa shape index (κ2) is 5.73. The number of piperidine rings is 1. The summed E-state index contributed by atoms with van der Waals surface area (Å²) in [6.07, 6.45) is 3.10. The van der Waals surface area contributed by atoms with Gasteiger partial charge >= 0.3 is 0 Å². The van der Waals surface area contributed by atoms with Crippen molar-refractivity contribution in [2.24, 2.45) is 5.92 Å². The van der Waals surface area contributed by atoms with Crippen LogP contribution in [0.15, 0.2) is 0 Å². The van der Waals surface area contributed by atoms with Gasteiger partial charge in [-0.25, -0.2) is 0 Å². The molecule has 15 heavy (non-hydrogen) atoms. The van der Waals surface area contributed by atoms with E-state index in [1.165, 1.54) is 0 Å². The van der Waals surface area contributed by atoms with Crippen molar-refractivity contribution in [1.82, 2.24) is 10.6 Å². The van der Waals surface area contributed by atoms with E-state index in [4.69, 9.17) is 0 Å². The zero-order valence-corrected chi connectivity index (χ0v) is 9.51. The third-order valence-electron chi connectivity index (χ3n) is 2.57. The number of rotatable bonds is 4. The standard InChI is InChI=1S/C11H20N2O2/c1-8(2)5-6-10(14)13-9-4-3-7-12-11(9)15/h8-9H,3-7H2,1-2H3,(H,12,15)(H,13,14). The minimum atomic E-state index is -0.307. The molecule has 1 saturated heterocycles. The predicted molar refractivity (Wildman–Crippen MR) is 58.2 cm³/mol. The van der Waals surface area contributed by atoms with Crippen LogP contribution in [0.2, 0.25) is 0 Å². The van der Waals surface area contributed by atoms with E-state index in [2.05, 4.69) is 24.5 Å².